The fourth-order valence-electron chi connectivity index (χ4n) is 1.65. The number of ether oxygens (including phenoxy) is 1. The van der Waals surface area contributed by atoms with E-state index in [0.29, 0.717) is 5.69 Å². The molecule has 1 heterocycles. The molecule has 1 aromatic carbocycles. The molecule has 8 heteroatoms. The summed E-state index contributed by atoms with van der Waals surface area (Å²) < 4.78 is 6.15. The van der Waals surface area contributed by atoms with Crippen molar-refractivity contribution in [3.05, 3.63) is 62.4 Å². The second kappa shape index (κ2) is 6.31. The SMILES string of the molecule is O=C(O)c1c(OCc2ccc(Br)cn2)cccc1[N+](=O)[O-]. The monoisotopic (exact) mass is 352 g/mol. The summed E-state index contributed by atoms with van der Waals surface area (Å²) in [6.45, 7) is 0.00866. The molecule has 0 amide bonds. The lowest BCUT2D eigenvalue weighted by Crippen LogP contribution is -2.07. The van der Waals surface area contributed by atoms with E-state index in [1.807, 2.05) is 0 Å². The van der Waals surface area contributed by atoms with Gasteiger partial charge in [-0.05, 0) is 34.1 Å². The van der Waals surface area contributed by atoms with Crippen molar-refractivity contribution in [3.63, 3.8) is 0 Å². The first kappa shape index (κ1) is 14.9. The number of hydrogen-bond acceptors (Lipinski definition) is 5. The fraction of sp³-hybridized carbons (Fsp3) is 0.0769. The van der Waals surface area contributed by atoms with Gasteiger partial charge >= 0.3 is 5.97 Å². The van der Waals surface area contributed by atoms with Crippen LogP contribution in [0.15, 0.2) is 41.0 Å². The fourth-order valence-corrected chi connectivity index (χ4v) is 1.88. The van der Waals surface area contributed by atoms with E-state index in [1.165, 1.54) is 12.1 Å². The predicted molar refractivity (Wildman–Crippen MR) is 76.3 cm³/mol. The summed E-state index contributed by atoms with van der Waals surface area (Å²) in [5.41, 5.74) is -0.413. The summed E-state index contributed by atoms with van der Waals surface area (Å²) >= 11 is 3.24. The van der Waals surface area contributed by atoms with E-state index < -0.39 is 22.1 Å². The number of halogens is 1. The highest BCUT2D eigenvalue weighted by atomic mass is 79.9. The number of rotatable bonds is 5. The first-order valence-corrected chi connectivity index (χ1v) is 6.52. The number of nitrogens with zero attached hydrogens (tertiary/aromatic N) is 2. The molecule has 0 saturated carbocycles. The Morgan fingerprint density at radius 3 is 2.71 bits per heavy atom. The van der Waals surface area contributed by atoms with E-state index in [0.717, 1.165) is 10.5 Å². The second-order valence-electron chi connectivity index (χ2n) is 3.97. The summed E-state index contributed by atoms with van der Waals surface area (Å²) in [6.07, 6.45) is 1.57. The van der Waals surface area contributed by atoms with Gasteiger partial charge in [-0.15, -0.1) is 0 Å². The predicted octanol–water partition coefficient (Wildman–Crippen LogP) is 3.03. The lowest BCUT2D eigenvalue weighted by atomic mass is 10.1. The molecule has 0 radical (unpaired) electrons. The van der Waals surface area contributed by atoms with Crippen LogP contribution in [0.4, 0.5) is 5.69 Å². The zero-order valence-corrected chi connectivity index (χ0v) is 12.1. The van der Waals surface area contributed by atoms with Crippen LogP contribution in [0.1, 0.15) is 16.1 Å². The number of carboxylic acids is 1. The van der Waals surface area contributed by atoms with Crippen LogP contribution in [0, 0.1) is 10.1 Å². The van der Waals surface area contributed by atoms with Gasteiger partial charge in [-0.1, -0.05) is 6.07 Å². The lowest BCUT2D eigenvalue weighted by Gasteiger charge is -2.09. The van der Waals surface area contributed by atoms with Crippen molar-refractivity contribution < 1.29 is 19.6 Å². The van der Waals surface area contributed by atoms with Crippen LogP contribution in [0.2, 0.25) is 0 Å². The second-order valence-corrected chi connectivity index (χ2v) is 4.88. The topological polar surface area (TPSA) is 103 Å². The van der Waals surface area contributed by atoms with Crippen molar-refractivity contribution in [3.8, 4) is 5.75 Å². The first-order valence-electron chi connectivity index (χ1n) is 5.73. The Morgan fingerprint density at radius 1 is 1.38 bits per heavy atom. The molecule has 1 aromatic heterocycles. The molecule has 0 bridgehead atoms. The Labute approximate surface area is 127 Å². The first-order chi connectivity index (χ1) is 9.99. The number of aromatic carboxylic acids is 1. The minimum absolute atomic E-state index is 0.00866. The quantitative estimate of drug-likeness (QED) is 0.655. The van der Waals surface area contributed by atoms with Crippen LogP contribution in [-0.2, 0) is 6.61 Å². The van der Waals surface area contributed by atoms with Gasteiger partial charge in [0.1, 0.15) is 12.4 Å². The average Bonchev–Trinajstić information content (AvgIpc) is 2.46. The molecule has 7 nitrogen and oxygen atoms in total. The van der Waals surface area contributed by atoms with Gasteiger partial charge in [0, 0.05) is 16.7 Å². The molecule has 0 fully saturated rings. The zero-order valence-electron chi connectivity index (χ0n) is 10.5. The molecule has 2 aromatic rings. The molecule has 0 aliphatic carbocycles. The Bertz CT molecular complexity index is 687. The van der Waals surface area contributed by atoms with Gasteiger partial charge in [0.05, 0.1) is 10.6 Å². The number of pyridine rings is 1. The highest BCUT2D eigenvalue weighted by molar-refractivity contribution is 9.10. The summed E-state index contributed by atoms with van der Waals surface area (Å²) in [6, 6.07) is 7.32. The normalized spacial score (nSPS) is 10.1. The van der Waals surface area contributed by atoms with Crippen LogP contribution in [0.5, 0.6) is 5.75 Å². The van der Waals surface area contributed by atoms with Crippen molar-refractivity contribution in [1.29, 1.82) is 0 Å². The molecule has 0 aliphatic rings. The molecule has 108 valence electrons. The smallest absolute Gasteiger partial charge is 0.346 e. The minimum atomic E-state index is -1.42. The Morgan fingerprint density at radius 2 is 2.14 bits per heavy atom. The number of carboxylic acid groups (broad SMARTS) is 1. The summed E-state index contributed by atoms with van der Waals surface area (Å²) in [4.78, 5) is 25.4. The Hall–Kier alpha value is -2.48. The minimum Gasteiger partial charge on any atom is -0.486 e. The van der Waals surface area contributed by atoms with E-state index in [9.17, 15) is 14.9 Å². The molecule has 0 saturated heterocycles. The maximum atomic E-state index is 11.2. The van der Waals surface area contributed by atoms with Crippen molar-refractivity contribution in [2.75, 3.05) is 0 Å². The zero-order chi connectivity index (χ0) is 15.4. The van der Waals surface area contributed by atoms with E-state index in [1.54, 1.807) is 18.3 Å². The van der Waals surface area contributed by atoms with Crippen LogP contribution in [0.3, 0.4) is 0 Å². The third-order valence-corrected chi connectivity index (χ3v) is 3.05. The van der Waals surface area contributed by atoms with Gasteiger partial charge in [-0.2, -0.15) is 0 Å². The van der Waals surface area contributed by atoms with Crippen molar-refractivity contribution in [1.82, 2.24) is 4.98 Å². The number of hydrogen-bond donors (Lipinski definition) is 1. The van der Waals surface area contributed by atoms with Gasteiger partial charge in [0.25, 0.3) is 5.69 Å². The van der Waals surface area contributed by atoms with Crippen molar-refractivity contribution in [2.45, 2.75) is 6.61 Å². The standard InChI is InChI=1S/C13H9BrN2O5/c14-8-4-5-9(15-6-8)7-21-11-3-1-2-10(16(19)20)12(11)13(17)18/h1-6H,7H2,(H,17,18). The van der Waals surface area contributed by atoms with Gasteiger partial charge in [0.15, 0.2) is 5.56 Å². The van der Waals surface area contributed by atoms with E-state index in [2.05, 4.69) is 20.9 Å². The van der Waals surface area contributed by atoms with E-state index >= 15 is 0 Å². The highest BCUT2D eigenvalue weighted by Gasteiger charge is 2.24. The molecule has 0 unspecified atom stereocenters. The van der Waals surface area contributed by atoms with Gasteiger partial charge in [0.2, 0.25) is 0 Å². The molecule has 0 spiro atoms. The molecule has 0 aliphatic heterocycles. The third-order valence-electron chi connectivity index (χ3n) is 2.58. The average molecular weight is 353 g/mol. The van der Waals surface area contributed by atoms with Gasteiger partial charge in [-0.25, -0.2) is 4.79 Å². The maximum absolute atomic E-state index is 11.2. The summed E-state index contributed by atoms with van der Waals surface area (Å²) in [5, 5.41) is 20.0. The maximum Gasteiger partial charge on any atom is 0.346 e. The van der Waals surface area contributed by atoms with E-state index in [4.69, 9.17) is 9.84 Å². The Balaban J connectivity index is 2.27. The Kier molecular flexibility index (Phi) is 4.49. The lowest BCUT2D eigenvalue weighted by molar-refractivity contribution is -0.385. The number of nitro benzene ring substituents is 1. The summed E-state index contributed by atoms with van der Waals surface area (Å²) in [5.74, 6) is -1.48. The molecule has 1 N–H and O–H groups in total. The van der Waals surface area contributed by atoms with Gasteiger partial charge < -0.3 is 9.84 Å². The van der Waals surface area contributed by atoms with E-state index in [-0.39, 0.29) is 12.4 Å². The molecule has 21 heavy (non-hydrogen) atoms. The summed E-state index contributed by atoms with van der Waals surface area (Å²) in [7, 11) is 0. The molecule has 0 atom stereocenters. The van der Waals surface area contributed by atoms with Crippen molar-refractivity contribution >= 4 is 27.6 Å². The van der Waals surface area contributed by atoms with Crippen molar-refractivity contribution in [2.24, 2.45) is 0 Å². The largest absolute Gasteiger partial charge is 0.486 e. The van der Waals surface area contributed by atoms with Crippen LogP contribution in [-0.4, -0.2) is 21.0 Å². The molecular weight excluding hydrogens is 344 g/mol. The van der Waals surface area contributed by atoms with Crippen LogP contribution in [0.25, 0.3) is 0 Å². The molecular formula is C13H9BrN2O5. The number of nitro groups is 1. The van der Waals surface area contributed by atoms with Crippen LogP contribution >= 0.6 is 15.9 Å². The number of carbonyl (C=O) groups is 1. The highest BCUT2D eigenvalue weighted by Crippen LogP contribution is 2.28. The number of aromatic nitrogens is 1. The third kappa shape index (κ3) is 3.54. The molecule has 2 rings (SSSR count). The van der Waals surface area contributed by atoms with Crippen LogP contribution < -0.4 is 4.74 Å². The number of benzene rings is 1. The van der Waals surface area contributed by atoms with Gasteiger partial charge in [-0.3, -0.25) is 15.1 Å².